The molecular weight excluding hydrogens is 324 g/mol. The van der Waals surface area contributed by atoms with Crippen molar-refractivity contribution in [3.05, 3.63) is 29.8 Å². The molecule has 0 bridgehead atoms. The molecule has 0 aliphatic heterocycles. The summed E-state index contributed by atoms with van der Waals surface area (Å²) in [4.78, 5) is 14.7. The van der Waals surface area contributed by atoms with Crippen molar-refractivity contribution in [2.24, 2.45) is 5.92 Å². The molecule has 1 aromatic rings. The van der Waals surface area contributed by atoms with Crippen molar-refractivity contribution in [3.63, 3.8) is 0 Å². The minimum atomic E-state index is -3.71. The first-order valence-electron chi connectivity index (χ1n) is 8.48. The number of amides is 1. The van der Waals surface area contributed by atoms with E-state index in [1.165, 1.54) is 11.4 Å². The molecule has 0 aromatic heterocycles. The third kappa shape index (κ3) is 4.80. The van der Waals surface area contributed by atoms with Crippen molar-refractivity contribution in [3.8, 4) is 0 Å². The molecule has 0 fully saturated rings. The third-order valence-corrected chi connectivity index (χ3v) is 6.07. The molecule has 6 heteroatoms. The van der Waals surface area contributed by atoms with E-state index in [2.05, 4.69) is 0 Å². The predicted molar refractivity (Wildman–Crippen MR) is 97.3 cm³/mol. The van der Waals surface area contributed by atoms with Crippen LogP contribution in [0.2, 0.25) is 0 Å². The fourth-order valence-electron chi connectivity index (χ4n) is 2.64. The van der Waals surface area contributed by atoms with Gasteiger partial charge in [-0.15, -0.1) is 0 Å². The van der Waals surface area contributed by atoms with Gasteiger partial charge in [0.1, 0.15) is 6.04 Å². The first-order valence-corrected chi connectivity index (χ1v) is 9.92. The topological polar surface area (TPSA) is 57.7 Å². The summed E-state index contributed by atoms with van der Waals surface area (Å²) in [5.74, 6) is 0.0806. The van der Waals surface area contributed by atoms with Crippen LogP contribution in [0.4, 0.5) is 0 Å². The summed E-state index contributed by atoms with van der Waals surface area (Å²) in [6.07, 6.45) is 0.497. The van der Waals surface area contributed by atoms with Crippen molar-refractivity contribution in [1.29, 1.82) is 0 Å². The normalized spacial score (nSPS) is 13.3. The molecule has 0 spiro atoms. The average molecular weight is 355 g/mol. The Kier molecular flexibility index (Phi) is 7.42. The average Bonchev–Trinajstić information content (AvgIpc) is 2.53. The Labute approximate surface area is 146 Å². The number of hydrogen-bond donors (Lipinski definition) is 0. The van der Waals surface area contributed by atoms with E-state index in [1.807, 2.05) is 34.6 Å². The van der Waals surface area contributed by atoms with Crippen LogP contribution in [0.15, 0.2) is 29.2 Å². The van der Waals surface area contributed by atoms with E-state index in [0.717, 1.165) is 5.56 Å². The molecule has 5 nitrogen and oxygen atoms in total. The summed E-state index contributed by atoms with van der Waals surface area (Å²) in [6.45, 7) is 10.9. The monoisotopic (exact) mass is 354 g/mol. The van der Waals surface area contributed by atoms with Gasteiger partial charge >= 0.3 is 0 Å². The third-order valence-electron chi connectivity index (χ3n) is 4.19. The molecule has 0 saturated heterocycles. The first-order chi connectivity index (χ1) is 11.1. The highest BCUT2D eigenvalue weighted by molar-refractivity contribution is 7.89. The Bertz CT molecular complexity index is 635. The molecule has 1 atom stereocenters. The highest BCUT2D eigenvalue weighted by atomic mass is 32.2. The highest BCUT2D eigenvalue weighted by Gasteiger charge is 2.35. The Morgan fingerprint density at radius 1 is 1.08 bits per heavy atom. The van der Waals surface area contributed by atoms with Gasteiger partial charge in [-0.05, 0) is 45.2 Å². The number of benzene rings is 1. The lowest BCUT2D eigenvalue weighted by molar-refractivity contribution is -0.135. The molecule has 24 heavy (non-hydrogen) atoms. The van der Waals surface area contributed by atoms with E-state index in [9.17, 15) is 13.2 Å². The zero-order chi connectivity index (χ0) is 18.5. The molecule has 136 valence electrons. The smallest absolute Gasteiger partial charge is 0.243 e. The Morgan fingerprint density at radius 2 is 1.58 bits per heavy atom. The van der Waals surface area contributed by atoms with E-state index >= 15 is 0 Å². The van der Waals surface area contributed by atoms with Crippen LogP contribution < -0.4 is 0 Å². The van der Waals surface area contributed by atoms with Crippen LogP contribution in [0, 0.1) is 12.8 Å². The Hall–Kier alpha value is -1.40. The van der Waals surface area contributed by atoms with Crippen LogP contribution in [-0.2, 0) is 14.8 Å². The van der Waals surface area contributed by atoms with Gasteiger partial charge in [-0.3, -0.25) is 4.79 Å². The molecule has 1 rings (SSSR count). The minimum absolute atomic E-state index is 0.133. The van der Waals surface area contributed by atoms with Gasteiger partial charge in [-0.1, -0.05) is 31.5 Å². The summed E-state index contributed by atoms with van der Waals surface area (Å²) in [7, 11) is -2.21. The summed E-state index contributed by atoms with van der Waals surface area (Å²) in [5, 5.41) is 0. The van der Waals surface area contributed by atoms with Crippen molar-refractivity contribution in [2.75, 3.05) is 20.1 Å². The number of hydrogen-bond acceptors (Lipinski definition) is 3. The van der Waals surface area contributed by atoms with Crippen molar-refractivity contribution in [1.82, 2.24) is 9.21 Å². The molecule has 0 aliphatic carbocycles. The number of carbonyl (C=O) groups is 1. The summed E-state index contributed by atoms with van der Waals surface area (Å²) < 4.78 is 27.1. The first kappa shape index (κ1) is 20.6. The molecule has 1 aromatic carbocycles. The Balaban J connectivity index is 3.21. The van der Waals surface area contributed by atoms with Gasteiger partial charge in [0, 0.05) is 20.1 Å². The van der Waals surface area contributed by atoms with Crippen LogP contribution in [0.1, 0.15) is 39.7 Å². The van der Waals surface area contributed by atoms with Crippen LogP contribution in [-0.4, -0.2) is 49.7 Å². The molecule has 1 unspecified atom stereocenters. The van der Waals surface area contributed by atoms with E-state index in [1.54, 1.807) is 29.2 Å². The maximum absolute atomic E-state index is 12.9. The maximum atomic E-state index is 12.9. The van der Waals surface area contributed by atoms with Crippen LogP contribution in [0.25, 0.3) is 0 Å². The molecule has 1 amide bonds. The van der Waals surface area contributed by atoms with Gasteiger partial charge in [0.05, 0.1) is 4.90 Å². The SMILES string of the molecule is CCN(CC)C(=O)C(CC(C)C)N(C)S(=O)(=O)c1ccc(C)cc1. The van der Waals surface area contributed by atoms with E-state index in [0.29, 0.717) is 19.5 Å². The van der Waals surface area contributed by atoms with E-state index in [4.69, 9.17) is 0 Å². The van der Waals surface area contributed by atoms with Crippen LogP contribution in [0.5, 0.6) is 0 Å². The van der Waals surface area contributed by atoms with Gasteiger partial charge in [-0.25, -0.2) is 8.42 Å². The number of aryl methyl sites for hydroxylation is 1. The van der Waals surface area contributed by atoms with Crippen LogP contribution >= 0.6 is 0 Å². The second-order valence-corrected chi connectivity index (χ2v) is 8.49. The molecule has 0 radical (unpaired) electrons. The van der Waals surface area contributed by atoms with Crippen molar-refractivity contribution >= 4 is 15.9 Å². The Morgan fingerprint density at radius 3 is 2.00 bits per heavy atom. The number of nitrogens with zero attached hydrogens (tertiary/aromatic N) is 2. The number of rotatable bonds is 8. The lowest BCUT2D eigenvalue weighted by Gasteiger charge is -2.32. The summed E-state index contributed by atoms with van der Waals surface area (Å²) in [6, 6.07) is 6.04. The van der Waals surface area contributed by atoms with Gasteiger partial charge in [0.2, 0.25) is 15.9 Å². The minimum Gasteiger partial charge on any atom is -0.342 e. The van der Waals surface area contributed by atoms with Gasteiger partial charge in [-0.2, -0.15) is 4.31 Å². The van der Waals surface area contributed by atoms with Crippen molar-refractivity contribution in [2.45, 2.75) is 52.0 Å². The summed E-state index contributed by atoms with van der Waals surface area (Å²) in [5.41, 5.74) is 0.995. The molecule has 0 saturated carbocycles. The van der Waals surface area contributed by atoms with E-state index < -0.39 is 16.1 Å². The fraction of sp³-hybridized carbons (Fsp3) is 0.611. The maximum Gasteiger partial charge on any atom is 0.243 e. The zero-order valence-electron chi connectivity index (χ0n) is 15.6. The molecule has 0 N–H and O–H groups in total. The molecule has 0 heterocycles. The van der Waals surface area contributed by atoms with Gasteiger partial charge in [0.25, 0.3) is 0 Å². The van der Waals surface area contributed by atoms with Gasteiger partial charge < -0.3 is 4.90 Å². The molecule has 0 aliphatic rings. The number of sulfonamides is 1. The second-order valence-electron chi connectivity index (χ2n) is 6.49. The molecular formula is C18H30N2O3S. The summed E-state index contributed by atoms with van der Waals surface area (Å²) >= 11 is 0. The lowest BCUT2D eigenvalue weighted by Crippen LogP contribution is -2.49. The van der Waals surface area contributed by atoms with E-state index in [-0.39, 0.29) is 16.7 Å². The fourth-order valence-corrected chi connectivity index (χ4v) is 3.97. The predicted octanol–water partition coefficient (Wildman–Crippen LogP) is 2.90. The second kappa shape index (κ2) is 8.62. The van der Waals surface area contributed by atoms with Crippen molar-refractivity contribution < 1.29 is 13.2 Å². The largest absolute Gasteiger partial charge is 0.342 e. The highest BCUT2D eigenvalue weighted by Crippen LogP contribution is 2.22. The van der Waals surface area contributed by atoms with Gasteiger partial charge in [0.15, 0.2) is 0 Å². The zero-order valence-corrected chi connectivity index (χ0v) is 16.4. The number of likely N-dealkylation sites (N-methyl/N-ethyl adjacent to an activating group) is 2. The number of carbonyl (C=O) groups excluding carboxylic acids is 1. The quantitative estimate of drug-likeness (QED) is 0.721. The van der Waals surface area contributed by atoms with Crippen LogP contribution in [0.3, 0.4) is 0 Å². The standard InChI is InChI=1S/C18H30N2O3S/c1-7-20(8-2)18(21)17(13-14(3)4)19(6)24(22,23)16-11-9-15(5)10-12-16/h9-12,14,17H,7-8,13H2,1-6H3. The lowest BCUT2D eigenvalue weighted by atomic mass is 10.0.